The fraction of sp³-hybridized carbons (Fsp3) is 0.105. The zero-order valence-corrected chi connectivity index (χ0v) is 16.8. The van der Waals surface area contributed by atoms with E-state index in [9.17, 15) is 29.2 Å². The van der Waals surface area contributed by atoms with Crippen LogP contribution in [0.1, 0.15) is 12.0 Å². The third kappa shape index (κ3) is 4.81. The number of hydrogen-bond donors (Lipinski definition) is 2. The number of nitrogens with one attached hydrogen (secondary N) is 1. The first-order valence-corrected chi connectivity index (χ1v) is 9.76. The number of phenolic OH excluding ortho intramolecular Hbond substituents is 1. The van der Waals surface area contributed by atoms with Gasteiger partial charge in [-0.1, -0.05) is 42.2 Å². The van der Waals surface area contributed by atoms with Gasteiger partial charge in [0, 0.05) is 24.6 Å². The number of nitrogens with zero attached hydrogens (tertiary/aromatic N) is 2. The van der Waals surface area contributed by atoms with Gasteiger partial charge in [-0.15, -0.1) is 0 Å². The summed E-state index contributed by atoms with van der Waals surface area (Å²) in [5.41, 5.74) is -0.0514. The van der Waals surface area contributed by atoms with E-state index in [1.807, 2.05) is 0 Å². The van der Waals surface area contributed by atoms with Crippen LogP contribution in [0.25, 0.3) is 6.08 Å². The first kappa shape index (κ1) is 21.4. The highest BCUT2D eigenvalue weighted by Crippen LogP contribution is 2.33. The van der Waals surface area contributed by atoms with Gasteiger partial charge in [0.1, 0.15) is 15.9 Å². The van der Waals surface area contributed by atoms with Crippen LogP contribution in [0.2, 0.25) is 0 Å². The molecule has 0 unspecified atom stereocenters. The van der Waals surface area contributed by atoms with Gasteiger partial charge in [-0.25, -0.2) is 4.39 Å². The summed E-state index contributed by atoms with van der Waals surface area (Å²) in [5.74, 6) is -1.87. The summed E-state index contributed by atoms with van der Waals surface area (Å²) in [6.07, 6.45) is 1.28. The third-order valence-electron chi connectivity index (χ3n) is 4.09. The van der Waals surface area contributed by atoms with E-state index in [-0.39, 0.29) is 39.1 Å². The Morgan fingerprint density at radius 2 is 2.07 bits per heavy atom. The summed E-state index contributed by atoms with van der Waals surface area (Å²) in [6.45, 7) is -0.0150. The number of rotatable bonds is 6. The van der Waals surface area contributed by atoms with Gasteiger partial charge in [-0.2, -0.15) is 0 Å². The molecule has 1 aliphatic rings. The molecule has 0 spiro atoms. The van der Waals surface area contributed by atoms with Crippen LogP contribution in [0.3, 0.4) is 0 Å². The molecule has 0 radical (unpaired) electrons. The van der Waals surface area contributed by atoms with Gasteiger partial charge in [-0.3, -0.25) is 24.6 Å². The molecule has 0 aliphatic carbocycles. The second kappa shape index (κ2) is 9.01. The average molecular weight is 447 g/mol. The third-order valence-corrected chi connectivity index (χ3v) is 5.47. The predicted octanol–water partition coefficient (Wildman–Crippen LogP) is 3.67. The maximum Gasteiger partial charge on any atom is 0.273 e. The SMILES string of the molecule is O=C(CCN1C(=O)/C(=C\c2ccccc2F)SC1=S)Nc1ccc([N+](=O)[O-])cc1O. The molecule has 0 saturated carbocycles. The highest BCUT2D eigenvalue weighted by molar-refractivity contribution is 8.26. The lowest BCUT2D eigenvalue weighted by Crippen LogP contribution is -2.31. The highest BCUT2D eigenvalue weighted by Gasteiger charge is 2.32. The smallest absolute Gasteiger partial charge is 0.273 e. The zero-order valence-electron chi connectivity index (χ0n) is 15.2. The number of thiocarbonyl (C=S) groups is 1. The van der Waals surface area contributed by atoms with Crippen LogP contribution < -0.4 is 5.32 Å². The Morgan fingerprint density at radius 1 is 1.33 bits per heavy atom. The number of nitro benzene ring substituents is 1. The molecule has 0 bridgehead atoms. The first-order valence-electron chi connectivity index (χ1n) is 8.53. The Kier molecular flexibility index (Phi) is 6.43. The number of aromatic hydroxyl groups is 1. The lowest BCUT2D eigenvalue weighted by atomic mass is 10.2. The van der Waals surface area contributed by atoms with E-state index >= 15 is 0 Å². The number of carbonyl (C=O) groups excluding carboxylic acids is 2. The molecule has 1 aliphatic heterocycles. The van der Waals surface area contributed by atoms with Gasteiger partial charge in [-0.05, 0) is 18.2 Å². The summed E-state index contributed by atoms with van der Waals surface area (Å²) in [7, 11) is 0. The number of hydrogen-bond acceptors (Lipinski definition) is 7. The number of amides is 2. The fourth-order valence-electron chi connectivity index (χ4n) is 2.59. The minimum Gasteiger partial charge on any atom is -0.506 e. The number of benzene rings is 2. The minimum atomic E-state index is -0.671. The van der Waals surface area contributed by atoms with Gasteiger partial charge in [0.15, 0.2) is 0 Å². The lowest BCUT2D eigenvalue weighted by molar-refractivity contribution is -0.384. The molecule has 1 heterocycles. The Bertz CT molecular complexity index is 1090. The van der Waals surface area contributed by atoms with Crippen molar-refractivity contribution < 1.29 is 24.0 Å². The van der Waals surface area contributed by atoms with E-state index < -0.39 is 28.3 Å². The summed E-state index contributed by atoms with van der Waals surface area (Å²) < 4.78 is 14.0. The maximum absolute atomic E-state index is 13.8. The molecule has 2 amide bonds. The standard InChI is InChI=1S/C19H14FN3O5S2/c20-13-4-2-1-3-11(13)9-16-18(26)22(19(29)30-16)8-7-17(25)21-14-6-5-12(23(27)28)10-15(14)24/h1-6,9-10,24H,7-8H2,(H,21,25)/b16-9+. The van der Waals surface area contributed by atoms with Crippen LogP contribution in [-0.4, -0.2) is 37.6 Å². The van der Waals surface area contributed by atoms with Crippen molar-refractivity contribution in [1.29, 1.82) is 0 Å². The predicted molar refractivity (Wildman–Crippen MR) is 114 cm³/mol. The quantitative estimate of drug-likeness (QED) is 0.228. The van der Waals surface area contributed by atoms with Crippen LogP contribution in [0, 0.1) is 15.9 Å². The molecule has 3 rings (SSSR count). The van der Waals surface area contributed by atoms with Crippen molar-refractivity contribution in [3.63, 3.8) is 0 Å². The molecule has 1 fully saturated rings. The van der Waals surface area contributed by atoms with Crippen molar-refractivity contribution >= 4 is 57.6 Å². The van der Waals surface area contributed by atoms with Crippen LogP contribution in [0.5, 0.6) is 5.75 Å². The van der Waals surface area contributed by atoms with E-state index in [4.69, 9.17) is 12.2 Å². The summed E-state index contributed by atoms with van der Waals surface area (Å²) in [4.78, 5) is 36.2. The van der Waals surface area contributed by atoms with Crippen LogP contribution >= 0.6 is 24.0 Å². The van der Waals surface area contributed by atoms with E-state index in [0.717, 1.165) is 23.9 Å². The Morgan fingerprint density at radius 3 is 2.73 bits per heavy atom. The molecule has 30 heavy (non-hydrogen) atoms. The topological polar surface area (TPSA) is 113 Å². The number of nitro groups is 1. The van der Waals surface area contributed by atoms with Crippen molar-refractivity contribution in [2.24, 2.45) is 0 Å². The first-order chi connectivity index (χ1) is 14.3. The number of non-ortho nitro benzene ring substituents is 1. The molecule has 8 nitrogen and oxygen atoms in total. The maximum atomic E-state index is 13.8. The molecule has 11 heteroatoms. The average Bonchev–Trinajstić information content (AvgIpc) is 2.96. The normalized spacial score (nSPS) is 15.0. The highest BCUT2D eigenvalue weighted by atomic mass is 32.2. The number of anilines is 1. The van der Waals surface area contributed by atoms with Gasteiger partial charge in [0.2, 0.25) is 5.91 Å². The van der Waals surface area contributed by atoms with Crippen molar-refractivity contribution in [2.45, 2.75) is 6.42 Å². The largest absolute Gasteiger partial charge is 0.506 e. The van der Waals surface area contributed by atoms with E-state index in [1.54, 1.807) is 12.1 Å². The Labute approximate surface area is 179 Å². The van der Waals surface area contributed by atoms with Gasteiger partial charge in [0.25, 0.3) is 11.6 Å². The van der Waals surface area contributed by atoms with Crippen LogP contribution in [-0.2, 0) is 9.59 Å². The zero-order chi connectivity index (χ0) is 21.8. The van der Waals surface area contributed by atoms with E-state index in [0.29, 0.717) is 0 Å². The van der Waals surface area contributed by atoms with Crippen molar-refractivity contribution in [2.75, 3.05) is 11.9 Å². The van der Waals surface area contributed by atoms with Crippen molar-refractivity contribution in [3.8, 4) is 5.75 Å². The molecular formula is C19H14FN3O5S2. The second-order valence-electron chi connectivity index (χ2n) is 6.11. The molecule has 2 aromatic rings. The summed E-state index contributed by atoms with van der Waals surface area (Å²) in [5, 5.41) is 22.9. The number of halogens is 1. The van der Waals surface area contributed by atoms with E-state index in [2.05, 4.69) is 5.32 Å². The molecular weight excluding hydrogens is 433 g/mol. The minimum absolute atomic E-state index is 0.00966. The number of phenols is 1. The Hall–Kier alpha value is -3.31. The molecule has 1 saturated heterocycles. The number of thioether (sulfide) groups is 1. The molecule has 0 aromatic heterocycles. The Balaban J connectivity index is 1.62. The van der Waals surface area contributed by atoms with Crippen molar-refractivity contribution in [1.82, 2.24) is 4.90 Å². The molecule has 2 N–H and O–H groups in total. The van der Waals surface area contributed by atoms with Gasteiger partial charge in [0.05, 0.1) is 21.6 Å². The summed E-state index contributed by atoms with van der Waals surface area (Å²) in [6, 6.07) is 9.28. The molecule has 2 aromatic carbocycles. The second-order valence-corrected chi connectivity index (χ2v) is 7.79. The van der Waals surface area contributed by atoms with Gasteiger partial charge >= 0.3 is 0 Å². The van der Waals surface area contributed by atoms with Crippen LogP contribution in [0.15, 0.2) is 47.4 Å². The van der Waals surface area contributed by atoms with Gasteiger partial charge < -0.3 is 10.4 Å². The monoisotopic (exact) mass is 447 g/mol. The lowest BCUT2D eigenvalue weighted by Gasteiger charge is -2.14. The van der Waals surface area contributed by atoms with Crippen LogP contribution in [0.4, 0.5) is 15.8 Å². The number of carbonyl (C=O) groups is 2. The summed E-state index contributed by atoms with van der Waals surface area (Å²) >= 11 is 6.20. The molecule has 154 valence electrons. The fourth-order valence-corrected chi connectivity index (χ4v) is 3.89. The molecule has 0 atom stereocenters. The van der Waals surface area contributed by atoms with E-state index in [1.165, 1.54) is 29.2 Å². The van der Waals surface area contributed by atoms with Crippen molar-refractivity contribution in [3.05, 3.63) is 68.9 Å².